The van der Waals surface area contributed by atoms with Crippen molar-refractivity contribution in [2.75, 3.05) is 0 Å². The predicted octanol–water partition coefficient (Wildman–Crippen LogP) is 3.61. The Bertz CT molecular complexity index is 549. The van der Waals surface area contributed by atoms with Crippen LogP contribution in [0.4, 0.5) is 0 Å². The van der Waals surface area contributed by atoms with Crippen LogP contribution in [-0.2, 0) is 13.1 Å². The van der Waals surface area contributed by atoms with Crippen molar-refractivity contribution in [3.8, 4) is 0 Å². The second-order valence-corrected chi connectivity index (χ2v) is 5.47. The van der Waals surface area contributed by atoms with Crippen LogP contribution in [0, 0.1) is 6.92 Å². The van der Waals surface area contributed by atoms with Gasteiger partial charge in [-0.25, -0.2) is 0 Å². The largest absolute Gasteiger partial charge is 0.347 e. The summed E-state index contributed by atoms with van der Waals surface area (Å²) in [6, 6.07) is 7.53. The van der Waals surface area contributed by atoms with Gasteiger partial charge in [0.1, 0.15) is 0 Å². The Labute approximate surface area is 109 Å². The van der Waals surface area contributed by atoms with Gasteiger partial charge in [-0.15, -0.1) is 0 Å². The van der Waals surface area contributed by atoms with Gasteiger partial charge in [0.25, 0.3) is 0 Å². The molecule has 3 rings (SSSR count). The maximum absolute atomic E-state index is 3.67. The van der Waals surface area contributed by atoms with Crippen LogP contribution in [0.25, 0.3) is 10.9 Å². The van der Waals surface area contributed by atoms with Gasteiger partial charge < -0.3 is 9.88 Å². The fraction of sp³-hybridized carbons (Fsp3) is 0.500. The fourth-order valence-corrected chi connectivity index (χ4v) is 2.75. The maximum Gasteiger partial charge on any atom is 0.0483 e. The van der Waals surface area contributed by atoms with Crippen LogP contribution in [0.3, 0.4) is 0 Å². The molecule has 1 aromatic carbocycles. The zero-order valence-corrected chi connectivity index (χ0v) is 11.4. The minimum absolute atomic E-state index is 0.759. The van der Waals surface area contributed by atoms with Gasteiger partial charge in [-0.1, -0.05) is 18.1 Å². The molecule has 1 aliphatic carbocycles. The third-order valence-corrected chi connectivity index (χ3v) is 4.15. The highest BCUT2D eigenvalue weighted by molar-refractivity contribution is 5.84. The van der Waals surface area contributed by atoms with Crippen molar-refractivity contribution < 1.29 is 0 Å². The third-order valence-electron chi connectivity index (χ3n) is 4.15. The maximum atomic E-state index is 3.67. The smallest absolute Gasteiger partial charge is 0.0483 e. The van der Waals surface area contributed by atoms with Crippen molar-refractivity contribution >= 4 is 10.9 Å². The number of benzene rings is 1. The highest BCUT2D eigenvalue weighted by Crippen LogP contribution is 2.24. The average Bonchev–Trinajstić information content (AvgIpc) is 2.65. The van der Waals surface area contributed by atoms with E-state index in [1.807, 2.05) is 0 Å². The number of rotatable bonds is 4. The quantitative estimate of drug-likeness (QED) is 0.866. The second-order valence-electron chi connectivity index (χ2n) is 5.47. The molecule has 1 heterocycles. The Morgan fingerprint density at radius 2 is 2.17 bits per heavy atom. The fourth-order valence-electron chi connectivity index (χ4n) is 2.75. The van der Waals surface area contributed by atoms with Crippen molar-refractivity contribution in [3.63, 3.8) is 0 Å². The molecule has 96 valence electrons. The molecule has 1 saturated carbocycles. The first-order valence-corrected chi connectivity index (χ1v) is 7.09. The van der Waals surface area contributed by atoms with Crippen molar-refractivity contribution in [1.82, 2.24) is 9.88 Å². The lowest BCUT2D eigenvalue weighted by Crippen LogP contribution is -2.34. The standard InChI is InChI=1S/C16H22N2/c1-3-18-11-13(10-17-14-5-4-6-14)15-9-12(2)7-8-16(15)18/h7-9,11,14,17H,3-6,10H2,1-2H3. The monoisotopic (exact) mass is 242 g/mol. The summed E-state index contributed by atoms with van der Waals surface area (Å²) < 4.78 is 2.35. The van der Waals surface area contributed by atoms with E-state index in [0.717, 1.165) is 19.1 Å². The Kier molecular flexibility index (Phi) is 3.13. The van der Waals surface area contributed by atoms with Gasteiger partial charge in [0.15, 0.2) is 0 Å². The zero-order valence-electron chi connectivity index (χ0n) is 11.4. The Morgan fingerprint density at radius 3 is 2.83 bits per heavy atom. The molecule has 0 aliphatic heterocycles. The molecule has 0 bridgehead atoms. The van der Waals surface area contributed by atoms with Crippen molar-refractivity contribution in [2.45, 2.75) is 52.2 Å². The molecule has 1 aliphatic rings. The number of fused-ring (bicyclic) bond motifs is 1. The van der Waals surface area contributed by atoms with E-state index in [1.54, 1.807) is 0 Å². The normalized spacial score (nSPS) is 16.1. The number of hydrogen-bond acceptors (Lipinski definition) is 1. The predicted molar refractivity (Wildman–Crippen MR) is 76.8 cm³/mol. The molecular weight excluding hydrogens is 220 g/mol. The molecule has 2 aromatic rings. The lowest BCUT2D eigenvalue weighted by Gasteiger charge is -2.26. The molecule has 0 radical (unpaired) electrons. The molecule has 18 heavy (non-hydrogen) atoms. The van der Waals surface area contributed by atoms with E-state index in [-0.39, 0.29) is 0 Å². The van der Waals surface area contributed by atoms with Crippen LogP contribution in [0.15, 0.2) is 24.4 Å². The number of nitrogens with one attached hydrogen (secondary N) is 1. The average molecular weight is 242 g/mol. The van der Waals surface area contributed by atoms with Crippen LogP contribution in [0.1, 0.15) is 37.3 Å². The summed E-state index contributed by atoms with van der Waals surface area (Å²) in [4.78, 5) is 0. The summed E-state index contributed by atoms with van der Waals surface area (Å²) >= 11 is 0. The van der Waals surface area contributed by atoms with E-state index in [1.165, 1.54) is 41.3 Å². The summed E-state index contributed by atoms with van der Waals surface area (Å²) in [5.41, 5.74) is 4.16. The van der Waals surface area contributed by atoms with Gasteiger partial charge in [-0.2, -0.15) is 0 Å². The molecule has 2 heteroatoms. The molecule has 1 N–H and O–H groups in total. The highest BCUT2D eigenvalue weighted by atomic mass is 15.0. The van der Waals surface area contributed by atoms with Gasteiger partial charge in [0, 0.05) is 36.2 Å². The summed E-state index contributed by atoms with van der Waals surface area (Å²) in [6.45, 7) is 6.44. The molecule has 1 fully saturated rings. The molecule has 0 saturated heterocycles. The van der Waals surface area contributed by atoms with Crippen LogP contribution < -0.4 is 5.32 Å². The van der Waals surface area contributed by atoms with E-state index in [0.29, 0.717) is 0 Å². The van der Waals surface area contributed by atoms with Crippen molar-refractivity contribution in [1.29, 1.82) is 0 Å². The molecule has 2 nitrogen and oxygen atoms in total. The molecular formula is C16H22N2. The molecule has 1 aromatic heterocycles. The summed E-state index contributed by atoms with van der Waals surface area (Å²) in [5.74, 6) is 0. The lowest BCUT2D eigenvalue weighted by molar-refractivity contribution is 0.338. The van der Waals surface area contributed by atoms with Crippen LogP contribution in [-0.4, -0.2) is 10.6 Å². The van der Waals surface area contributed by atoms with E-state index in [9.17, 15) is 0 Å². The first-order valence-electron chi connectivity index (χ1n) is 7.09. The number of hydrogen-bond donors (Lipinski definition) is 1. The van der Waals surface area contributed by atoms with Gasteiger partial charge in [-0.05, 0) is 44.4 Å². The Hall–Kier alpha value is -1.28. The number of aromatic nitrogens is 1. The van der Waals surface area contributed by atoms with E-state index < -0.39 is 0 Å². The SMILES string of the molecule is CCn1cc(CNC2CCC2)c2cc(C)ccc21. The minimum atomic E-state index is 0.759. The first kappa shape index (κ1) is 11.8. The topological polar surface area (TPSA) is 17.0 Å². The van der Waals surface area contributed by atoms with E-state index >= 15 is 0 Å². The molecule has 0 amide bonds. The van der Waals surface area contributed by atoms with Crippen LogP contribution >= 0.6 is 0 Å². The Morgan fingerprint density at radius 1 is 1.33 bits per heavy atom. The van der Waals surface area contributed by atoms with Gasteiger partial charge in [0.05, 0.1) is 0 Å². The number of nitrogens with zero attached hydrogens (tertiary/aromatic N) is 1. The van der Waals surface area contributed by atoms with E-state index in [2.05, 4.69) is 48.1 Å². The van der Waals surface area contributed by atoms with Gasteiger partial charge in [-0.3, -0.25) is 0 Å². The second kappa shape index (κ2) is 4.77. The zero-order chi connectivity index (χ0) is 12.5. The summed E-state index contributed by atoms with van der Waals surface area (Å²) in [7, 11) is 0. The van der Waals surface area contributed by atoms with Crippen LogP contribution in [0.2, 0.25) is 0 Å². The number of aryl methyl sites for hydroxylation is 2. The van der Waals surface area contributed by atoms with Gasteiger partial charge >= 0.3 is 0 Å². The summed E-state index contributed by atoms with van der Waals surface area (Å²) in [6.07, 6.45) is 6.42. The molecule has 0 spiro atoms. The Balaban J connectivity index is 1.91. The highest BCUT2D eigenvalue weighted by Gasteiger charge is 2.17. The summed E-state index contributed by atoms with van der Waals surface area (Å²) in [5, 5.41) is 5.09. The third kappa shape index (κ3) is 2.05. The molecule has 0 atom stereocenters. The van der Waals surface area contributed by atoms with Crippen molar-refractivity contribution in [3.05, 3.63) is 35.5 Å². The first-order chi connectivity index (χ1) is 8.78. The van der Waals surface area contributed by atoms with Gasteiger partial charge in [0.2, 0.25) is 0 Å². The lowest BCUT2D eigenvalue weighted by atomic mass is 9.93. The minimum Gasteiger partial charge on any atom is -0.347 e. The molecule has 0 unspecified atom stereocenters. The van der Waals surface area contributed by atoms with Crippen LogP contribution in [0.5, 0.6) is 0 Å². The van der Waals surface area contributed by atoms with E-state index in [4.69, 9.17) is 0 Å². The van der Waals surface area contributed by atoms with Crippen molar-refractivity contribution in [2.24, 2.45) is 0 Å².